The summed E-state index contributed by atoms with van der Waals surface area (Å²) in [7, 11) is 0. The number of amides is 1. The first-order valence-corrected chi connectivity index (χ1v) is 10.3. The molecule has 2 aromatic carbocycles. The van der Waals surface area contributed by atoms with Crippen LogP contribution >= 0.6 is 12.4 Å². The topological polar surface area (TPSA) is 76.0 Å². The Morgan fingerprint density at radius 1 is 1.10 bits per heavy atom. The number of hydrogen-bond acceptors (Lipinski definition) is 4. The summed E-state index contributed by atoms with van der Waals surface area (Å²) in [5.41, 5.74) is 3.82. The van der Waals surface area contributed by atoms with Gasteiger partial charge < -0.3 is 10.6 Å². The quantitative estimate of drug-likeness (QED) is 0.566. The summed E-state index contributed by atoms with van der Waals surface area (Å²) in [6.07, 6.45) is 2.95. The highest BCUT2D eigenvalue weighted by atomic mass is 35.5. The van der Waals surface area contributed by atoms with Crippen LogP contribution in [0.4, 0.5) is 0 Å². The Bertz CT molecular complexity index is 1110. The maximum absolute atomic E-state index is 13.0. The summed E-state index contributed by atoms with van der Waals surface area (Å²) in [5.74, 6) is -0.260. The molecular weight excluding hydrogens is 400 g/mol. The molecule has 1 aromatic heterocycles. The number of carbonyl (C=O) groups is 1. The van der Waals surface area contributed by atoms with Crippen LogP contribution in [0.2, 0.25) is 0 Å². The largest absolute Gasteiger partial charge is 0.347 e. The maximum Gasteiger partial charge on any atom is 0.274 e. The van der Waals surface area contributed by atoms with Crippen LogP contribution in [-0.4, -0.2) is 15.7 Å². The van der Waals surface area contributed by atoms with Gasteiger partial charge in [-0.1, -0.05) is 56.2 Å². The van der Waals surface area contributed by atoms with Crippen molar-refractivity contribution in [1.29, 1.82) is 0 Å². The first-order chi connectivity index (χ1) is 14.2. The van der Waals surface area contributed by atoms with Gasteiger partial charge in [-0.3, -0.25) is 9.59 Å². The normalized spacial score (nSPS) is 12.4. The number of aryl methyl sites for hydroxylation is 1. The van der Waals surface area contributed by atoms with E-state index in [-0.39, 0.29) is 23.9 Å². The zero-order valence-corrected chi connectivity index (χ0v) is 17.9. The summed E-state index contributed by atoms with van der Waals surface area (Å²) < 4.78 is 1.44. The van der Waals surface area contributed by atoms with Crippen molar-refractivity contribution in [3.63, 3.8) is 0 Å². The minimum Gasteiger partial charge on any atom is -0.347 e. The van der Waals surface area contributed by atoms with Crippen molar-refractivity contribution in [3.8, 4) is 0 Å². The van der Waals surface area contributed by atoms with Crippen molar-refractivity contribution in [2.45, 2.75) is 52.4 Å². The van der Waals surface area contributed by atoms with Gasteiger partial charge in [0.2, 0.25) is 0 Å². The van der Waals surface area contributed by atoms with Crippen molar-refractivity contribution in [1.82, 2.24) is 20.4 Å². The Morgan fingerprint density at radius 2 is 1.87 bits per heavy atom. The molecule has 0 bridgehead atoms. The van der Waals surface area contributed by atoms with Gasteiger partial charge in [0, 0.05) is 31.6 Å². The second-order valence-electron chi connectivity index (χ2n) is 7.52. The number of fused-ring (bicyclic) bond motifs is 2. The van der Waals surface area contributed by atoms with Gasteiger partial charge in [-0.05, 0) is 29.2 Å². The molecule has 30 heavy (non-hydrogen) atoms. The molecule has 1 aliphatic heterocycles. The lowest BCUT2D eigenvalue weighted by atomic mass is 10.1. The molecule has 0 radical (unpaired) electrons. The average Bonchev–Trinajstić information content (AvgIpc) is 3.22. The Kier molecular flexibility index (Phi) is 7.24. The number of carbonyl (C=O) groups excluding carboxylic acids is 1. The monoisotopic (exact) mass is 426 g/mol. The predicted octanol–water partition coefficient (Wildman–Crippen LogP) is 3.54. The molecule has 4 rings (SSSR count). The Balaban J connectivity index is 0.00000256. The molecule has 1 amide bonds. The van der Waals surface area contributed by atoms with Crippen molar-refractivity contribution in [2.24, 2.45) is 0 Å². The van der Waals surface area contributed by atoms with E-state index in [0.717, 1.165) is 37.9 Å². The van der Waals surface area contributed by atoms with Crippen LogP contribution < -0.4 is 16.2 Å². The second-order valence-corrected chi connectivity index (χ2v) is 7.52. The molecule has 1 aliphatic rings. The minimum absolute atomic E-state index is 0. The molecule has 0 saturated heterocycles. The SMILES string of the molecule is CCCCCn1nc(C(=O)NCc2ccc3c(c2)CNC3)c2ccccc2c1=O.Cl. The van der Waals surface area contributed by atoms with E-state index in [1.165, 1.54) is 15.8 Å². The molecule has 0 saturated carbocycles. The standard InChI is InChI=1S/C23H26N4O2.ClH/c1-2-3-6-11-27-23(29)20-8-5-4-7-19(20)21(26-27)22(28)25-13-16-9-10-17-14-24-15-18(17)12-16;/h4-5,7-10,12,24H,2-3,6,11,13-15H2,1H3,(H,25,28);1H. The smallest absolute Gasteiger partial charge is 0.274 e. The highest BCUT2D eigenvalue weighted by molar-refractivity contribution is 6.04. The molecule has 0 spiro atoms. The molecule has 0 atom stereocenters. The van der Waals surface area contributed by atoms with Gasteiger partial charge in [-0.25, -0.2) is 4.68 Å². The lowest BCUT2D eigenvalue weighted by Gasteiger charge is -2.12. The summed E-state index contributed by atoms with van der Waals surface area (Å²) in [6.45, 7) is 4.83. The minimum atomic E-state index is -0.260. The fourth-order valence-electron chi connectivity index (χ4n) is 3.79. The van der Waals surface area contributed by atoms with Crippen molar-refractivity contribution >= 4 is 29.1 Å². The van der Waals surface area contributed by atoms with Gasteiger partial charge in [0.25, 0.3) is 11.5 Å². The molecular formula is C23H27ClN4O2. The molecule has 0 fully saturated rings. The Hall–Kier alpha value is -2.70. The van der Waals surface area contributed by atoms with Crippen molar-refractivity contribution in [3.05, 3.63) is 75.2 Å². The highest BCUT2D eigenvalue weighted by Gasteiger charge is 2.17. The van der Waals surface area contributed by atoms with Gasteiger partial charge in [0.1, 0.15) is 0 Å². The third-order valence-corrected chi connectivity index (χ3v) is 5.41. The summed E-state index contributed by atoms with van der Waals surface area (Å²) in [4.78, 5) is 25.7. The summed E-state index contributed by atoms with van der Waals surface area (Å²) >= 11 is 0. The molecule has 6 nitrogen and oxygen atoms in total. The van der Waals surface area contributed by atoms with Crippen LogP contribution in [0, 0.1) is 0 Å². The van der Waals surface area contributed by atoms with E-state index < -0.39 is 0 Å². The molecule has 2 N–H and O–H groups in total. The van der Waals surface area contributed by atoms with E-state index in [1.807, 2.05) is 18.2 Å². The first kappa shape index (κ1) is 22.0. The summed E-state index contributed by atoms with van der Waals surface area (Å²) in [6, 6.07) is 13.5. The van der Waals surface area contributed by atoms with E-state index in [4.69, 9.17) is 0 Å². The molecule has 7 heteroatoms. The lowest BCUT2D eigenvalue weighted by Crippen LogP contribution is -2.30. The Morgan fingerprint density at radius 3 is 2.67 bits per heavy atom. The van der Waals surface area contributed by atoms with Gasteiger partial charge >= 0.3 is 0 Å². The lowest BCUT2D eigenvalue weighted by molar-refractivity contribution is 0.0945. The molecule has 0 aliphatic carbocycles. The van der Waals surface area contributed by atoms with E-state index in [2.05, 4.69) is 34.8 Å². The van der Waals surface area contributed by atoms with E-state index in [0.29, 0.717) is 29.6 Å². The first-order valence-electron chi connectivity index (χ1n) is 10.3. The second kappa shape index (κ2) is 9.87. The number of benzene rings is 2. The predicted molar refractivity (Wildman–Crippen MR) is 121 cm³/mol. The fraction of sp³-hybridized carbons (Fsp3) is 0.348. The van der Waals surface area contributed by atoms with E-state index in [9.17, 15) is 9.59 Å². The van der Waals surface area contributed by atoms with Crippen LogP contribution in [-0.2, 0) is 26.2 Å². The van der Waals surface area contributed by atoms with Gasteiger partial charge in [-0.2, -0.15) is 5.10 Å². The van der Waals surface area contributed by atoms with Crippen LogP contribution in [0.15, 0.2) is 47.3 Å². The molecule has 158 valence electrons. The van der Waals surface area contributed by atoms with Crippen LogP contribution in [0.25, 0.3) is 10.8 Å². The van der Waals surface area contributed by atoms with Gasteiger partial charge in [0.15, 0.2) is 5.69 Å². The number of nitrogens with zero attached hydrogens (tertiary/aromatic N) is 2. The number of unbranched alkanes of at least 4 members (excludes halogenated alkanes) is 2. The number of aromatic nitrogens is 2. The van der Waals surface area contributed by atoms with E-state index in [1.54, 1.807) is 12.1 Å². The third-order valence-electron chi connectivity index (χ3n) is 5.41. The van der Waals surface area contributed by atoms with Crippen LogP contribution in [0.3, 0.4) is 0 Å². The van der Waals surface area contributed by atoms with Gasteiger partial charge in [0.05, 0.1) is 5.39 Å². The maximum atomic E-state index is 13.0. The van der Waals surface area contributed by atoms with Crippen molar-refractivity contribution in [2.75, 3.05) is 0 Å². The van der Waals surface area contributed by atoms with E-state index >= 15 is 0 Å². The zero-order valence-electron chi connectivity index (χ0n) is 17.1. The number of halogens is 1. The molecule has 0 unspecified atom stereocenters. The number of hydrogen-bond donors (Lipinski definition) is 2. The average molecular weight is 427 g/mol. The molecule has 3 aromatic rings. The fourth-order valence-corrected chi connectivity index (χ4v) is 3.79. The van der Waals surface area contributed by atoms with Crippen LogP contribution in [0.1, 0.15) is 53.4 Å². The zero-order chi connectivity index (χ0) is 20.2. The van der Waals surface area contributed by atoms with Crippen molar-refractivity contribution < 1.29 is 4.79 Å². The highest BCUT2D eigenvalue weighted by Crippen LogP contribution is 2.18. The Labute approximate surface area is 182 Å². The summed E-state index contributed by atoms with van der Waals surface area (Å²) in [5, 5.41) is 11.9. The third kappa shape index (κ3) is 4.55. The molecule has 2 heterocycles. The van der Waals surface area contributed by atoms with Gasteiger partial charge in [-0.15, -0.1) is 12.4 Å². The number of rotatable bonds is 7. The number of nitrogens with one attached hydrogen (secondary N) is 2. The van der Waals surface area contributed by atoms with Crippen LogP contribution in [0.5, 0.6) is 0 Å².